The quantitative estimate of drug-likeness (QED) is 0.514. The number of hydrogen-bond donors (Lipinski definition) is 3. The smallest absolute Gasteiger partial charge is 0.224 e. The zero-order valence-corrected chi connectivity index (χ0v) is 19.8. The summed E-state index contributed by atoms with van der Waals surface area (Å²) in [5.74, 6) is 2.54. The molecule has 4 aliphatic rings. The molecule has 4 saturated carbocycles. The Morgan fingerprint density at radius 1 is 1.12 bits per heavy atom. The average molecular weight is 479 g/mol. The van der Waals surface area contributed by atoms with Gasteiger partial charge >= 0.3 is 0 Å². The third-order valence-corrected chi connectivity index (χ3v) is 8.10. The number of hydrogen-bond acceptors (Lipinski definition) is 4. The number of carbonyl (C=O) groups excluding carboxylic acids is 1. The Balaban J connectivity index is 0.00000245. The summed E-state index contributed by atoms with van der Waals surface area (Å²) >= 11 is 6.48. The summed E-state index contributed by atoms with van der Waals surface area (Å²) in [6.45, 7) is -0.247. The van der Waals surface area contributed by atoms with Crippen molar-refractivity contribution < 1.29 is 15.0 Å². The fourth-order valence-corrected chi connectivity index (χ4v) is 7.13. The molecular formula is C25H32Cl2N2O3. The largest absolute Gasteiger partial charge is 0.394 e. The fourth-order valence-electron chi connectivity index (χ4n) is 6.92. The van der Waals surface area contributed by atoms with E-state index in [-0.39, 0.29) is 30.3 Å². The number of halogens is 2. The van der Waals surface area contributed by atoms with Crippen LogP contribution in [-0.4, -0.2) is 33.8 Å². The van der Waals surface area contributed by atoms with Gasteiger partial charge in [0.05, 0.1) is 28.9 Å². The molecule has 0 radical (unpaired) electrons. The summed E-state index contributed by atoms with van der Waals surface area (Å²) in [6, 6.07) is 7.48. The number of fused-ring (bicyclic) bond motifs is 1. The Hall–Kier alpha value is -1.40. The van der Waals surface area contributed by atoms with E-state index in [1.165, 1.54) is 38.5 Å². The maximum absolute atomic E-state index is 13.1. The van der Waals surface area contributed by atoms with Crippen LogP contribution in [0.1, 0.15) is 57.1 Å². The molecule has 1 heterocycles. The second-order valence-electron chi connectivity index (χ2n) is 10.3. The molecule has 4 bridgehead atoms. The van der Waals surface area contributed by atoms with Gasteiger partial charge in [-0.2, -0.15) is 0 Å². The minimum absolute atomic E-state index is 0. The minimum atomic E-state index is -0.734. The molecule has 1 amide bonds. The van der Waals surface area contributed by atoms with Crippen LogP contribution < -0.4 is 5.32 Å². The normalized spacial score (nSPS) is 29.0. The van der Waals surface area contributed by atoms with Crippen LogP contribution in [0, 0.1) is 23.2 Å². The lowest BCUT2D eigenvalue weighted by Gasteiger charge is -2.56. The summed E-state index contributed by atoms with van der Waals surface area (Å²) in [4.78, 5) is 17.8. The van der Waals surface area contributed by atoms with Crippen molar-refractivity contribution in [1.82, 2.24) is 4.98 Å². The van der Waals surface area contributed by atoms with Crippen LogP contribution in [0.2, 0.25) is 5.02 Å². The molecule has 1 aromatic carbocycles. The van der Waals surface area contributed by atoms with Crippen LogP contribution in [0.4, 0.5) is 5.69 Å². The van der Waals surface area contributed by atoms with Gasteiger partial charge in [0.15, 0.2) is 0 Å². The molecule has 32 heavy (non-hydrogen) atoms. The first-order valence-electron chi connectivity index (χ1n) is 11.6. The van der Waals surface area contributed by atoms with Crippen molar-refractivity contribution in [3.8, 4) is 0 Å². The van der Waals surface area contributed by atoms with Gasteiger partial charge in [-0.15, -0.1) is 12.4 Å². The number of carbonyl (C=O) groups is 1. The molecule has 0 aliphatic heterocycles. The Labute approximate surface area is 200 Å². The number of nitrogens with one attached hydrogen (secondary N) is 1. The van der Waals surface area contributed by atoms with E-state index in [1.807, 2.05) is 18.2 Å². The van der Waals surface area contributed by atoms with E-state index >= 15 is 0 Å². The van der Waals surface area contributed by atoms with E-state index in [0.717, 1.165) is 34.4 Å². The number of aryl methyl sites for hydroxylation is 1. The van der Waals surface area contributed by atoms with Crippen LogP contribution >= 0.6 is 24.0 Å². The third kappa shape index (κ3) is 4.77. The number of aliphatic hydroxyl groups excluding tert-OH is 2. The SMILES string of the molecule is Cl.O=C(CC12CC3CC(CC(C3)C1)C2)Nc1c(Cl)ccc2nc(CC[C@@H](O)CO)ccc12. The highest BCUT2D eigenvalue weighted by Gasteiger charge is 2.51. The zero-order chi connectivity index (χ0) is 21.6. The molecule has 0 spiro atoms. The van der Waals surface area contributed by atoms with E-state index in [2.05, 4.69) is 10.3 Å². The van der Waals surface area contributed by atoms with Crippen LogP contribution in [0.15, 0.2) is 24.3 Å². The lowest BCUT2D eigenvalue weighted by molar-refractivity contribution is -0.124. The van der Waals surface area contributed by atoms with Gasteiger partial charge in [0, 0.05) is 17.5 Å². The molecule has 1 aromatic heterocycles. The first-order chi connectivity index (χ1) is 14.9. The van der Waals surface area contributed by atoms with Crippen molar-refractivity contribution in [3.63, 3.8) is 0 Å². The highest BCUT2D eigenvalue weighted by Crippen LogP contribution is 2.61. The van der Waals surface area contributed by atoms with Crippen molar-refractivity contribution in [2.75, 3.05) is 11.9 Å². The van der Waals surface area contributed by atoms with Gasteiger partial charge in [-0.25, -0.2) is 0 Å². The Kier molecular flexibility index (Phi) is 7.02. The summed E-state index contributed by atoms with van der Waals surface area (Å²) in [5, 5.41) is 23.1. The Bertz CT molecular complexity index is 961. The standard InChI is InChI=1S/C25H31ClN2O3.ClH/c26-21-5-6-22-20(4-2-18(27-22)1-3-19(30)14-29)24(21)28-23(31)13-25-10-15-7-16(11-25)9-17(8-15)12-25;/h2,4-6,15-17,19,29-30H,1,3,7-14H2,(H,28,31);1H/t15?,16?,17?,19-,25?;/m1./s1. The Morgan fingerprint density at radius 3 is 2.41 bits per heavy atom. The maximum Gasteiger partial charge on any atom is 0.224 e. The first-order valence-corrected chi connectivity index (χ1v) is 12.0. The van der Waals surface area contributed by atoms with Crippen molar-refractivity contribution >= 4 is 46.5 Å². The Morgan fingerprint density at radius 2 is 1.78 bits per heavy atom. The molecule has 4 fully saturated rings. The molecule has 0 saturated heterocycles. The van der Waals surface area contributed by atoms with Crippen molar-refractivity contribution in [1.29, 1.82) is 0 Å². The lowest BCUT2D eigenvalue weighted by atomic mass is 9.49. The minimum Gasteiger partial charge on any atom is -0.394 e. The highest BCUT2D eigenvalue weighted by atomic mass is 35.5. The summed E-state index contributed by atoms with van der Waals surface area (Å²) in [6.07, 6.45) is 8.64. The number of rotatable bonds is 7. The molecule has 0 unspecified atom stereocenters. The molecule has 6 rings (SSSR count). The second kappa shape index (κ2) is 9.46. The van der Waals surface area contributed by atoms with Gasteiger partial charge in [0.1, 0.15) is 0 Å². The van der Waals surface area contributed by atoms with Crippen molar-refractivity contribution in [2.24, 2.45) is 23.2 Å². The number of pyridine rings is 1. The fraction of sp³-hybridized carbons (Fsp3) is 0.600. The zero-order valence-electron chi connectivity index (χ0n) is 18.2. The van der Waals surface area contributed by atoms with E-state index in [0.29, 0.717) is 30.0 Å². The van der Waals surface area contributed by atoms with Gasteiger partial charge in [-0.05, 0) is 98.8 Å². The second-order valence-corrected chi connectivity index (χ2v) is 10.7. The average Bonchev–Trinajstić information content (AvgIpc) is 2.72. The highest BCUT2D eigenvalue weighted by molar-refractivity contribution is 6.35. The monoisotopic (exact) mass is 478 g/mol. The topological polar surface area (TPSA) is 82.5 Å². The van der Waals surface area contributed by atoms with Crippen LogP contribution in [0.5, 0.6) is 0 Å². The molecule has 1 atom stereocenters. The van der Waals surface area contributed by atoms with Crippen LogP contribution in [0.25, 0.3) is 10.9 Å². The van der Waals surface area contributed by atoms with Gasteiger partial charge in [-0.1, -0.05) is 11.6 Å². The van der Waals surface area contributed by atoms with Crippen molar-refractivity contribution in [3.05, 3.63) is 35.0 Å². The molecule has 4 aliphatic carbocycles. The third-order valence-electron chi connectivity index (χ3n) is 7.79. The first kappa shape index (κ1) is 23.7. The molecule has 7 heteroatoms. The number of aromatic nitrogens is 1. The van der Waals surface area contributed by atoms with E-state index in [1.54, 1.807) is 6.07 Å². The van der Waals surface area contributed by atoms with Crippen molar-refractivity contribution in [2.45, 2.75) is 63.9 Å². The van der Waals surface area contributed by atoms with E-state index < -0.39 is 6.10 Å². The number of nitrogens with zero attached hydrogens (tertiary/aromatic N) is 1. The van der Waals surface area contributed by atoms with Crippen LogP contribution in [-0.2, 0) is 11.2 Å². The summed E-state index contributed by atoms with van der Waals surface area (Å²) in [5.41, 5.74) is 2.44. The molecule has 3 N–H and O–H groups in total. The lowest BCUT2D eigenvalue weighted by Crippen LogP contribution is -2.47. The summed E-state index contributed by atoms with van der Waals surface area (Å²) in [7, 11) is 0. The predicted octanol–water partition coefficient (Wildman–Crippen LogP) is 5.14. The van der Waals surface area contributed by atoms with Gasteiger partial charge in [-0.3, -0.25) is 9.78 Å². The molecule has 174 valence electrons. The summed E-state index contributed by atoms with van der Waals surface area (Å²) < 4.78 is 0. The van der Waals surface area contributed by atoms with E-state index in [4.69, 9.17) is 16.7 Å². The maximum atomic E-state index is 13.1. The van der Waals surface area contributed by atoms with Gasteiger partial charge in [0.25, 0.3) is 0 Å². The number of amides is 1. The number of anilines is 1. The number of aliphatic hydroxyl groups is 2. The van der Waals surface area contributed by atoms with Gasteiger partial charge < -0.3 is 15.5 Å². The van der Waals surface area contributed by atoms with E-state index in [9.17, 15) is 9.90 Å². The number of benzene rings is 1. The molecule has 2 aromatic rings. The predicted molar refractivity (Wildman–Crippen MR) is 129 cm³/mol. The molecule has 5 nitrogen and oxygen atoms in total. The van der Waals surface area contributed by atoms with Crippen LogP contribution in [0.3, 0.4) is 0 Å². The van der Waals surface area contributed by atoms with Gasteiger partial charge in [0.2, 0.25) is 5.91 Å². The molecular weight excluding hydrogens is 447 g/mol.